The number of nitrogens with zero attached hydrogens (tertiary/aromatic N) is 3. The second-order valence-electron chi connectivity index (χ2n) is 6.76. The Balaban J connectivity index is 1.89. The Morgan fingerprint density at radius 2 is 1.94 bits per heavy atom. The first-order chi connectivity index (χ1) is 15.2. The molecule has 0 spiro atoms. The van der Waals surface area contributed by atoms with E-state index in [4.69, 9.17) is 16.1 Å². The molecule has 2 aromatic heterocycles. The van der Waals surface area contributed by atoms with E-state index in [1.807, 2.05) is 0 Å². The predicted molar refractivity (Wildman–Crippen MR) is 111 cm³/mol. The van der Waals surface area contributed by atoms with Crippen LogP contribution in [0.2, 0.25) is 5.02 Å². The summed E-state index contributed by atoms with van der Waals surface area (Å²) in [6, 6.07) is 2.09. The fourth-order valence-corrected chi connectivity index (χ4v) is 3.06. The summed E-state index contributed by atoms with van der Waals surface area (Å²) in [7, 11) is 0. The number of hydrazine groups is 1. The van der Waals surface area contributed by atoms with Crippen LogP contribution in [0.3, 0.4) is 0 Å². The molecule has 0 saturated heterocycles. The van der Waals surface area contributed by atoms with Crippen LogP contribution in [-0.4, -0.2) is 27.1 Å². The van der Waals surface area contributed by atoms with E-state index < -0.39 is 23.7 Å². The van der Waals surface area contributed by atoms with Gasteiger partial charge in [0.15, 0.2) is 0 Å². The zero-order valence-electron chi connectivity index (χ0n) is 17.3. The van der Waals surface area contributed by atoms with E-state index in [1.54, 1.807) is 13.8 Å². The molecule has 0 aliphatic rings. The number of aryl methyl sites for hydroxylation is 1. The van der Waals surface area contributed by atoms with Gasteiger partial charge in [0.1, 0.15) is 11.6 Å². The highest BCUT2D eigenvalue weighted by molar-refractivity contribution is 6.31. The fraction of sp³-hybridized carbons (Fsp3) is 0.250. The number of amides is 3. The zero-order chi connectivity index (χ0) is 23.4. The molecule has 2 heterocycles. The number of aromatic nitrogens is 3. The Hall–Kier alpha value is -3.60. The molecular weight excluding hydrogens is 446 g/mol. The van der Waals surface area contributed by atoms with Gasteiger partial charge in [-0.05, 0) is 30.7 Å². The smallest absolute Gasteiger partial charge is 0.334 e. The molecule has 3 amide bonds. The third kappa shape index (κ3) is 5.17. The van der Waals surface area contributed by atoms with Crippen molar-refractivity contribution in [3.05, 3.63) is 52.6 Å². The maximum absolute atomic E-state index is 14.9. The molecule has 9 nitrogen and oxygen atoms in total. The van der Waals surface area contributed by atoms with Crippen LogP contribution in [0.25, 0.3) is 22.5 Å². The molecule has 32 heavy (non-hydrogen) atoms. The number of benzene rings is 1. The molecule has 3 N–H and O–H groups in total. The van der Waals surface area contributed by atoms with E-state index in [2.05, 4.69) is 31.3 Å². The van der Waals surface area contributed by atoms with Crippen LogP contribution in [0.15, 0.2) is 28.9 Å². The van der Waals surface area contributed by atoms with Crippen molar-refractivity contribution in [2.75, 3.05) is 0 Å². The van der Waals surface area contributed by atoms with Gasteiger partial charge in [-0.2, -0.15) is 4.98 Å². The van der Waals surface area contributed by atoms with Gasteiger partial charge in [-0.3, -0.25) is 15.2 Å². The minimum Gasteiger partial charge on any atom is -0.339 e. The SMILES string of the molecule is CCC(=O)NNC(=O)NC(C)c1ncc(-c2cc(Cl)cc(F)c2-c2noc(C)n2)cc1F. The second-order valence-corrected chi connectivity index (χ2v) is 7.20. The summed E-state index contributed by atoms with van der Waals surface area (Å²) in [5.74, 6) is -1.63. The van der Waals surface area contributed by atoms with Crippen LogP contribution < -0.4 is 16.2 Å². The summed E-state index contributed by atoms with van der Waals surface area (Å²) in [4.78, 5) is 31.2. The molecule has 0 aliphatic carbocycles. The first kappa shape index (κ1) is 23.1. The lowest BCUT2D eigenvalue weighted by Gasteiger charge is -2.16. The maximum atomic E-state index is 14.9. The molecule has 1 atom stereocenters. The third-order valence-electron chi connectivity index (χ3n) is 4.38. The number of halogens is 3. The van der Waals surface area contributed by atoms with Crippen LogP contribution in [0.5, 0.6) is 0 Å². The highest BCUT2D eigenvalue weighted by Crippen LogP contribution is 2.36. The van der Waals surface area contributed by atoms with Crippen molar-refractivity contribution in [3.8, 4) is 22.5 Å². The molecule has 3 rings (SSSR count). The number of pyridine rings is 1. The molecule has 168 valence electrons. The van der Waals surface area contributed by atoms with E-state index in [-0.39, 0.29) is 51.5 Å². The van der Waals surface area contributed by atoms with Crippen LogP contribution in [0, 0.1) is 18.6 Å². The number of carbonyl (C=O) groups excluding carboxylic acids is 2. The summed E-state index contributed by atoms with van der Waals surface area (Å²) in [6.45, 7) is 4.69. The van der Waals surface area contributed by atoms with Crippen molar-refractivity contribution in [2.45, 2.75) is 33.2 Å². The third-order valence-corrected chi connectivity index (χ3v) is 4.60. The Bertz CT molecular complexity index is 1170. The summed E-state index contributed by atoms with van der Waals surface area (Å²) < 4.78 is 34.5. The lowest BCUT2D eigenvalue weighted by Crippen LogP contribution is -2.47. The standard InChI is InChI=1S/C20H19ClF2N6O3/c1-4-16(30)27-28-20(31)25-9(2)18-15(23)5-11(8-24-18)13-6-12(21)7-14(22)17(13)19-26-10(3)32-29-19/h5-9H,4H2,1-3H3,(H,27,30)(H2,25,28,31). The first-order valence-corrected chi connectivity index (χ1v) is 9.88. The average Bonchev–Trinajstić information content (AvgIpc) is 3.16. The van der Waals surface area contributed by atoms with Gasteiger partial charge in [0.25, 0.3) is 0 Å². The Morgan fingerprint density at radius 3 is 2.56 bits per heavy atom. The number of rotatable bonds is 5. The molecule has 1 unspecified atom stereocenters. The molecule has 0 saturated carbocycles. The van der Waals surface area contributed by atoms with Gasteiger partial charge in [0.05, 0.1) is 17.3 Å². The highest BCUT2D eigenvalue weighted by Gasteiger charge is 2.21. The van der Waals surface area contributed by atoms with Gasteiger partial charge in [-0.15, -0.1) is 0 Å². The summed E-state index contributed by atoms with van der Waals surface area (Å²) in [5, 5.41) is 6.27. The maximum Gasteiger partial charge on any atom is 0.334 e. The van der Waals surface area contributed by atoms with E-state index in [9.17, 15) is 18.4 Å². The van der Waals surface area contributed by atoms with Gasteiger partial charge in [0, 0.05) is 30.1 Å². The van der Waals surface area contributed by atoms with Crippen LogP contribution in [0.4, 0.5) is 13.6 Å². The normalized spacial score (nSPS) is 11.7. The minimum absolute atomic E-state index is 0.0163. The molecule has 1 aromatic carbocycles. The molecule has 3 aromatic rings. The number of hydrogen-bond acceptors (Lipinski definition) is 6. The van der Waals surface area contributed by atoms with E-state index in [0.717, 1.165) is 12.1 Å². The number of hydrogen-bond donors (Lipinski definition) is 3. The zero-order valence-corrected chi connectivity index (χ0v) is 18.1. The monoisotopic (exact) mass is 464 g/mol. The topological polar surface area (TPSA) is 122 Å². The van der Waals surface area contributed by atoms with Gasteiger partial charge in [-0.25, -0.2) is 19.0 Å². The quantitative estimate of drug-likeness (QED) is 0.493. The molecule has 0 radical (unpaired) electrons. The molecule has 0 aliphatic heterocycles. The summed E-state index contributed by atoms with van der Waals surface area (Å²) >= 11 is 6.00. The lowest BCUT2D eigenvalue weighted by molar-refractivity contribution is -0.121. The van der Waals surface area contributed by atoms with Gasteiger partial charge >= 0.3 is 6.03 Å². The van der Waals surface area contributed by atoms with Crippen molar-refractivity contribution in [3.63, 3.8) is 0 Å². The summed E-state index contributed by atoms with van der Waals surface area (Å²) in [5.41, 5.74) is 4.69. The summed E-state index contributed by atoms with van der Waals surface area (Å²) in [6.07, 6.45) is 1.50. The van der Waals surface area contributed by atoms with E-state index >= 15 is 0 Å². The highest BCUT2D eigenvalue weighted by atomic mass is 35.5. The van der Waals surface area contributed by atoms with E-state index in [0.29, 0.717) is 0 Å². The van der Waals surface area contributed by atoms with Crippen LogP contribution >= 0.6 is 11.6 Å². The van der Waals surface area contributed by atoms with E-state index in [1.165, 1.54) is 19.2 Å². The number of carbonyl (C=O) groups is 2. The van der Waals surface area contributed by atoms with Gasteiger partial charge in [0.2, 0.25) is 17.6 Å². The predicted octanol–water partition coefficient (Wildman–Crippen LogP) is 3.84. The molecule has 0 bridgehead atoms. The van der Waals surface area contributed by atoms with Crippen molar-refractivity contribution >= 4 is 23.5 Å². The minimum atomic E-state index is -0.835. The van der Waals surface area contributed by atoms with Crippen molar-refractivity contribution in [1.82, 2.24) is 31.3 Å². The molecular formula is C20H19ClF2N6O3. The second kappa shape index (κ2) is 9.69. The van der Waals surface area contributed by atoms with Crippen LogP contribution in [-0.2, 0) is 4.79 Å². The number of urea groups is 1. The van der Waals surface area contributed by atoms with Crippen molar-refractivity contribution in [1.29, 1.82) is 0 Å². The molecule has 0 fully saturated rings. The lowest BCUT2D eigenvalue weighted by atomic mass is 9.99. The first-order valence-electron chi connectivity index (χ1n) is 9.50. The van der Waals surface area contributed by atoms with Crippen molar-refractivity contribution < 1.29 is 22.9 Å². The van der Waals surface area contributed by atoms with Gasteiger partial charge in [-0.1, -0.05) is 23.7 Å². The fourth-order valence-electron chi connectivity index (χ4n) is 2.86. The Kier molecular flexibility index (Phi) is 6.98. The average molecular weight is 465 g/mol. The molecule has 12 heteroatoms. The van der Waals surface area contributed by atoms with Crippen LogP contribution in [0.1, 0.15) is 37.9 Å². The Labute approximate surface area is 186 Å². The van der Waals surface area contributed by atoms with Gasteiger partial charge < -0.3 is 9.84 Å². The number of nitrogens with one attached hydrogen (secondary N) is 3. The Morgan fingerprint density at radius 1 is 1.19 bits per heavy atom. The largest absolute Gasteiger partial charge is 0.339 e. The van der Waals surface area contributed by atoms with Crippen molar-refractivity contribution in [2.24, 2.45) is 0 Å².